The van der Waals surface area contributed by atoms with E-state index in [0.29, 0.717) is 0 Å². The number of carbonyl (C=O) groups excluding carboxylic acids is 1. The van der Waals surface area contributed by atoms with Crippen LogP contribution in [0.2, 0.25) is 0 Å². The van der Waals surface area contributed by atoms with Crippen LogP contribution in [0.4, 0.5) is 0 Å². The Balaban J connectivity index is 2.81. The van der Waals surface area contributed by atoms with Gasteiger partial charge >= 0.3 is 90.0 Å². The number of benzene rings is 1. The minimum absolute atomic E-state index is 0.246. The van der Waals surface area contributed by atoms with E-state index in [1.807, 2.05) is 13.0 Å². The molecular formula is C9H10HgO3. The summed E-state index contributed by atoms with van der Waals surface area (Å²) in [7, 11) is 0. The quantitative estimate of drug-likeness (QED) is 0.791. The summed E-state index contributed by atoms with van der Waals surface area (Å²) in [5.41, 5.74) is 1.02. The van der Waals surface area contributed by atoms with Crippen LogP contribution in [-0.4, -0.2) is 11.1 Å². The summed E-state index contributed by atoms with van der Waals surface area (Å²) in [5, 5.41) is 9.47. The van der Waals surface area contributed by atoms with Gasteiger partial charge in [-0.2, -0.15) is 0 Å². The van der Waals surface area contributed by atoms with Gasteiger partial charge in [0.1, 0.15) is 0 Å². The molecule has 1 N–H and O–H groups in total. The van der Waals surface area contributed by atoms with Gasteiger partial charge in [-0.15, -0.1) is 0 Å². The molecule has 4 heteroatoms. The molecule has 0 aliphatic rings. The number of rotatable bonds is 2. The molecule has 0 saturated carbocycles. The normalized spacial score (nSPS) is 9.08. The Kier molecular flexibility index (Phi) is 3.72. The molecular weight excluding hydrogens is 357 g/mol. The number of phenolic OH excluding ortho intramolecular Hbond substituents is 1. The SMILES string of the molecule is CC(=O)[O][Hg][c]1c(C)cccc1O. The van der Waals surface area contributed by atoms with Gasteiger partial charge < -0.3 is 0 Å². The molecule has 0 fully saturated rings. The zero-order valence-corrected chi connectivity index (χ0v) is 13.2. The molecule has 0 aliphatic carbocycles. The van der Waals surface area contributed by atoms with Gasteiger partial charge in [0.05, 0.1) is 0 Å². The second-order valence-corrected chi connectivity index (χ2v) is 7.85. The van der Waals surface area contributed by atoms with E-state index >= 15 is 0 Å². The van der Waals surface area contributed by atoms with E-state index in [4.69, 9.17) is 2.64 Å². The van der Waals surface area contributed by atoms with Crippen molar-refractivity contribution in [2.45, 2.75) is 13.8 Å². The molecule has 3 nitrogen and oxygen atoms in total. The summed E-state index contributed by atoms with van der Waals surface area (Å²) in [6, 6.07) is 5.33. The number of hydrogen-bond donors (Lipinski definition) is 1. The second-order valence-electron chi connectivity index (χ2n) is 2.85. The minimum atomic E-state index is -1.87. The Hall–Kier alpha value is -0.575. The summed E-state index contributed by atoms with van der Waals surface area (Å²) >= 11 is -1.87. The third-order valence-corrected chi connectivity index (χ3v) is 8.65. The first-order valence-corrected chi connectivity index (χ1v) is 9.01. The van der Waals surface area contributed by atoms with Crippen LogP contribution in [0.15, 0.2) is 18.2 Å². The van der Waals surface area contributed by atoms with Crippen LogP contribution < -0.4 is 3.07 Å². The molecule has 0 atom stereocenters. The van der Waals surface area contributed by atoms with Gasteiger partial charge in [0.25, 0.3) is 0 Å². The van der Waals surface area contributed by atoms with Crippen LogP contribution >= 0.6 is 0 Å². The molecule has 1 rings (SSSR count). The Bertz CT molecular complexity index is 302. The van der Waals surface area contributed by atoms with E-state index in [0.717, 1.165) is 8.64 Å². The molecule has 0 aliphatic heterocycles. The van der Waals surface area contributed by atoms with Crippen molar-refractivity contribution in [1.82, 2.24) is 0 Å². The van der Waals surface area contributed by atoms with E-state index in [2.05, 4.69) is 0 Å². The summed E-state index contributed by atoms with van der Waals surface area (Å²) < 4.78 is 5.90. The van der Waals surface area contributed by atoms with Crippen LogP contribution in [0, 0.1) is 6.92 Å². The zero-order valence-electron chi connectivity index (χ0n) is 7.70. The zero-order chi connectivity index (χ0) is 9.84. The Labute approximate surface area is 89.8 Å². The fourth-order valence-electron chi connectivity index (χ4n) is 1.05. The van der Waals surface area contributed by atoms with Crippen molar-refractivity contribution in [1.29, 1.82) is 0 Å². The van der Waals surface area contributed by atoms with Crippen LogP contribution in [0.5, 0.6) is 5.75 Å². The van der Waals surface area contributed by atoms with Gasteiger partial charge in [0.15, 0.2) is 0 Å². The second kappa shape index (κ2) is 4.60. The van der Waals surface area contributed by atoms with Gasteiger partial charge in [0, 0.05) is 0 Å². The molecule has 66 valence electrons. The number of phenols is 1. The Morgan fingerprint density at radius 2 is 2.23 bits per heavy atom. The van der Waals surface area contributed by atoms with E-state index in [1.54, 1.807) is 12.1 Å². The third-order valence-electron chi connectivity index (χ3n) is 1.81. The van der Waals surface area contributed by atoms with E-state index in [-0.39, 0.29) is 11.7 Å². The van der Waals surface area contributed by atoms with Crippen LogP contribution in [0.25, 0.3) is 0 Å². The average molecular weight is 367 g/mol. The van der Waals surface area contributed by atoms with Gasteiger partial charge in [-0.1, -0.05) is 0 Å². The fraction of sp³-hybridized carbons (Fsp3) is 0.222. The number of hydrogen-bond acceptors (Lipinski definition) is 3. The Morgan fingerprint density at radius 1 is 1.54 bits per heavy atom. The Morgan fingerprint density at radius 3 is 2.77 bits per heavy atom. The van der Waals surface area contributed by atoms with Crippen molar-refractivity contribution < 1.29 is 37.6 Å². The maximum atomic E-state index is 10.6. The maximum absolute atomic E-state index is 10.6. The molecule has 0 bridgehead atoms. The first-order chi connectivity index (χ1) is 6.11. The summed E-state index contributed by atoms with van der Waals surface area (Å²) in [6.45, 7) is 3.31. The average Bonchev–Trinajstić information content (AvgIpc) is 2.03. The van der Waals surface area contributed by atoms with Crippen molar-refractivity contribution in [2.75, 3.05) is 0 Å². The van der Waals surface area contributed by atoms with Gasteiger partial charge in [-0.3, -0.25) is 0 Å². The van der Waals surface area contributed by atoms with Gasteiger partial charge in [-0.05, 0) is 0 Å². The molecule has 0 heterocycles. The monoisotopic (exact) mass is 368 g/mol. The first kappa shape index (κ1) is 10.5. The van der Waals surface area contributed by atoms with Crippen LogP contribution in [-0.2, 0) is 32.5 Å². The standard InChI is InChI=1S/C7H7O.C2H4O2.Hg/c1-6-3-2-4-7(8)5-6;1-2(3)4;/h2-4,8H,1H3;1H3,(H,3,4);/q;;+1/p-1. The van der Waals surface area contributed by atoms with Gasteiger partial charge in [0.2, 0.25) is 0 Å². The first-order valence-electron chi connectivity index (χ1n) is 4.02. The fourth-order valence-corrected chi connectivity index (χ4v) is 4.78. The molecule has 1 aromatic carbocycles. The summed E-state index contributed by atoms with van der Waals surface area (Å²) in [5.74, 6) is 0.0206. The topological polar surface area (TPSA) is 46.5 Å². The summed E-state index contributed by atoms with van der Waals surface area (Å²) in [4.78, 5) is 10.6. The van der Waals surface area contributed by atoms with Crippen molar-refractivity contribution in [2.24, 2.45) is 0 Å². The molecule has 0 unspecified atom stereocenters. The number of aromatic hydroxyl groups is 1. The van der Waals surface area contributed by atoms with Crippen LogP contribution in [0.3, 0.4) is 0 Å². The predicted molar refractivity (Wildman–Crippen MR) is 44.2 cm³/mol. The molecule has 0 aromatic heterocycles. The molecule has 13 heavy (non-hydrogen) atoms. The molecule has 0 saturated heterocycles. The van der Waals surface area contributed by atoms with Crippen molar-refractivity contribution in [3.05, 3.63) is 23.8 Å². The molecule has 0 spiro atoms. The molecule has 0 radical (unpaired) electrons. The van der Waals surface area contributed by atoms with E-state index in [1.165, 1.54) is 6.92 Å². The predicted octanol–water partition coefficient (Wildman–Crippen LogP) is 0.887. The van der Waals surface area contributed by atoms with E-state index in [9.17, 15) is 9.90 Å². The van der Waals surface area contributed by atoms with E-state index < -0.39 is 25.0 Å². The van der Waals surface area contributed by atoms with Crippen molar-refractivity contribution in [3.63, 3.8) is 0 Å². The van der Waals surface area contributed by atoms with Crippen LogP contribution in [0.1, 0.15) is 12.5 Å². The molecule has 1 aromatic rings. The summed E-state index contributed by atoms with van der Waals surface area (Å²) in [6.07, 6.45) is 0. The van der Waals surface area contributed by atoms with Crippen molar-refractivity contribution in [3.8, 4) is 5.75 Å². The number of aryl methyl sites for hydroxylation is 1. The molecule has 0 amide bonds. The third kappa shape index (κ3) is 2.99. The van der Waals surface area contributed by atoms with Gasteiger partial charge in [-0.25, -0.2) is 0 Å². The van der Waals surface area contributed by atoms with Crippen molar-refractivity contribution >= 4 is 9.04 Å². The number of carbonyl (C=O) groups is 1.